The number of hydrogen-bond acceptors (Lipinski definition) is 3. The van der Waals surface area contributed by atoms with Crippen LogP contribution in [0.3, 0.4) is 0 Å². The third-order valence-corrected chi connectivity index (χ3v) is 3.09. The van der Waals surface area contributed by atoms with E-state index in [-0.39, 0.29) is 0 Å². The smallest absolute Gasteiger partial charge is 0.130 e. The number of nitrogen functional groups attached to an aromatic ring is 1. The van der Waals surface area contributed by atoms with Gasteiger partial charge >= 0.3 is 0 Å². The Balaban J connectivity index is 2.35. The SMILES string of the molecule is Cn1nc(-c2nc(Cl)ccc2N)c2ccccc21. The van der Waals surface area contributed by atoms with Gasteiger partial charge in [0.1, 0.15) is 16.5 Å². The Morgan fingerprint density at radius 2 is 1.89 bits per heavy atom. The number of aryl methyl sites for hydroxylation is 1. The number of halogens is 1. The van der Waals surface area contributed by atoms with Crippen molar-refractivity contribution >= 4 is 28.2 Å². The second kappa shape index (κ2) is 3.99. The van der Waals surface area contributed by atoms with E-state index in [0.29, 0.717) is 16.5 Å². The molecule has 0 saturated carbocycles. The molecule has 5 heteroatoms. The van der Waals surface area contributed by atoms with E-state index in [1.54, 1.807) is 12.1 Å². The predicted octanol–water partition coefficient (Wildman–Crippen LogP) is 2.87. The zero-order valence-corrected chi connectivity index (χ0v) is 10.5. The van der Waals surface area contributed by atoms with E-state index < -0.39 is 0 Å². The molecule has 3 rings (SSSR count). The summed E-state index contributed by atoms with van der Waals surface area (Å²) >= 11 is 5.92. The van der Waals surface area contributed by atoms with Crippen molar-refractivity contribution in [3.05, 3.63) is 41.6 Å². The fourth-order valence-electron chi connectivity index (χ4n) is 2.02. The summed E-state index contributed by atoms with van der Waals surface area (Å²) in [4.78, 5) is 4.27. The fourth-order valence-corrected chi connectivity index (χ4v) is 2.17. The lowest BCUT2D eigenvalue weighted by Crippen LogP contribution is -1.95. The maximum Gasteiger partial charge on any atom is 0.130 e. The van der Waals surface area contributed by atoms with Crippen LogP contribution in [0.1, 0.15) is 0 Å². The average Bonchev–Trinajstić information content (AvgIpc) is 2.71. The van der Waals surface area contributed by atoms with E-state index in [1.165, 1.54) is 0 Å². The first-order valence-corrected chi connectivity index (χ1v) is 5.89. The van der Waals surface area contributed by atoms with Crippen molar-refractivity contribution in [3.63, 3.8) is 0 Å². The lowest BCUT2D eigenvalue weighted by Gasteiger charge is -2.02. The first-order chi connectivity index (χ1) is 8.66. The second-order valence-corrected chi connectivity index (χ2v) is 4.45. The molecule has 2 aromatic heterocycles. The van der Waals surface area contributed by atoms with Crippen LogP contribution in [0.25, 0.3) is 22.3 Å². The zero-order chi connectivity index (χ0) is 12.7. The van der Waals surface area contributed by atoms with E-state index in [2.05, 4.69) is 10.1 Å². The number of nitrogens with two attached hydrogens (primary N) is 1. The van der Waals surface area contributed by atoms with Crippen LogP contribution >= 0.6 is 11.6 Å². The summed E-state index contributed by atoms with van der Waals surface area (Å²) in [6.07, 6.45) is 0. The molecule has 0 fully saturated rings. The Morgan fingerprint density at radius 1 is 1.11 bits per heavy atom. The van der Waals surface area contributed by atoms with Crippen molar-refractivity contribution in [1.29, 1.82) is 0 Å². The van der Waals surface area contributed by atoms with Crippen molar-refractivity contribution in [2.75, 3.05) is 5.73 Å². The molecule has 4 nitrogen and oxygen atoms in total. The molecule has 90 valence electrons. The highest BCUT2D eigenvalue weighted by Gasteiger charge is 2.14. The minimum atomic E-state index is 0.411. The van der Waals surface area contributed by atoms with Gasteiger partial charge in [-0.3, -0.25) is 4.68 Å². The van der Waals surface area contributed by atoms with Crippen LogP contribution in [0.15, 0.2) is 36.4 Å². The summed E-state index contributed by atoms with van der Waals surface area (Å²) in [6, 6.07) is 11.4. The number of benzene rings is 1. The molecule has 0 radical (unpaired) electrons. The van der Waals surface area contributed by atoms with Gasteiger partial charge in [0.25, 0.3) is 0 Å². The van der Waals surface area contributed by atoms with Crippen LogP contribution in [-0.4, -0.2) is 14.8 Å². The van der Waals surface area contributed by atoms with Crippen LogP contribution in [0.2, 0.25) is 5.15 Å². The van der Waals surface area contributed by atoms with E-state index in [4.69, 9.17) is 17.3 Å². The summed E-state index contributed by atoms with van der Waals surface area (Å²) in [5.74, 6) is 0. The average molecular weight is 259 g/mol. The van der Waals surface area contributed by atoms with Gasteiger partial charge in [0.15, 0.2) is 0 Å². The van der Waals surface area contributed by atoms with Crippen LogP contribution in [-0.2, 0) is 7.05 Å². The number of rotatable bonds is 1. The van der Waals surface area contributed by atoms with Crippen molar-refractivity contribution in [2.24, 2.45) is 7.05 Å². The molecule has 18 heavy (non-hydrogen) atoms. The highest BCUT2D eigenvalue weighted by molar-refractivity contribution is 6.29. The highest BCUT2D eigenvalue weighted by atomic mass is 35.5. The molecule has 0 atom stereocenters. The Morgan fingerprint density at radius 3 is 2.72 bits per heavy atom. The number of anilines is 1. The molecular weight excluding hydrogens is 248 g/mol. The van der Waals surface area contributed by atoms with Crippen molar-refractivity contribution < 1.29 is 0 Å². The van der Waals surface area contributed by atoms with E-state index >= 15 is 0 Å². The monoisotopic (exact) mass is 258 g/mol. The molecule has 0 aliphatic rings. The standard InChI is InChI=1S/C13H11ClN4/c1-18-10-5-3-2-4-8(10)12(17-18)13-9(15)6-7-11(14)16-13/h2-7H,15H2,1H3. The van der Waals surface area contributed by atoms with Gasteiger partial charge in [-0.15, -0.1) is 0 Å². The third kappa shape index (κ3) is 1.62. The maximum atomic E-state index is 5.95. The summed E-state index contributed by atoms with van der Waals surface area (Å²) in [5, 5.41) is 5.90. The lowest BCUT2D eigenvalue weighted by atomic mass is 10.1. The number of fused-ring (bicyclic) bond motifs is 1. The van der Waals surface area contributed by atoms with Crippen LogP contribution in [0.5, 0.6) is 0 Å². The molecule has 1 aromatic carbocycles. The Bertz CT molecular complexity index is 733. The van der Waals surface area contributed by atoms with Crippen molar-refractivity contribution in [3.8, 4) is 11.4 Å². The van der Waals surface area contributed by atoms with Crippen LogP contribution in [0, 0.1) is 0 Å². The van der Waals surface area contributed by atoms with Gasteiger partial charge in [-0.05, 0) is 18.2 Å². The maximum absolute atomic E-state index is 5.95. The number of aromatic nitrogens is 3. The minimum Gasteiger partial charge on any atom is -0.397 e. The fraction of sp³-hybridized carbons (Fsp3) is 0.0769. The zero-order valence-electron chi connectivity index (χ0n) is 9.76. The third-order valence-electron chi connectivity index (χ3n) is 2.87. The lowest BCUT2D eigenvalue weighted by molar-refractivity contribution is 0.799. The molecule has 2 heterocycles. The summed E-state index contributed by atoms with van der Waals surface area (Å²) < 4.78 is 1.81. The number of nitrogens with zero attached hydrogens (tertiary/aromatic N) is 3. The molecule has 0 saturated heterocycles. The summed E-state index contributed by atoms with van der Waals surface area (Å²) in [6.45, 7) is 0. The number of hydrogen-bond donors (Lipinski definition) is 1. The molecule has 3 aromatic rings. The van der Waals surface area contributed by atoms with Gasteiger partial charge < -0.3 is 5.73 Å². The first kappa shape index (κ1) is 11.0. The highest BCUT2D eigenvalue weighted by Crippen LogP contribution is 2.30. The first-order valence-electron chi connectivity index (χ1n) is 5.51. The molecule has 0 aliphatic carbocycles. The molecule has 0 bridgehead atoms. The minimum absolute atomic E-state index is 0.411. The van der Waals surface area contributed by atoms with E-state index in [0.717, 1.165) is 16.6 Å². The normalized spacial score (nSPS) is 11.0. The van der Waals surface area contributed by atoms with Crippen molar-refractivity contribution in [1.82, 2.24) is 14.8 Å². The largest absolute Gasteiger partial charge is 0.397 e. The molecule has 0 unspecified atom stereocenters. The quantitative estimate of drug-likeness (QED) is 0.683. The Labute approximate surface area is 109 Å². The summed E-state index contributed by atoms with van der Waals surface area (Å²) in [5.41, 5.74) is 8.94. The van der Waals surface area contributed by atoms with Crippen molar-refractivity contribution in [2.45, 2.75) is 0 Å². The number of pyridine rings is 1. The predicted molar refractivity (Wildman–Crippen MR) is 73.4 cm³/mol. The molecule has 0 spiro atoms. The molecule has 2 N–H and O–H groups in total. The van der Waals surface area contributed by atoms with Gasteiger partial charge in [0.05, 0.1) is 11.2 Å². The van der Waals surface area contributed by atoms with Gasteiger partial charge in [-0.2, -0.15) is 5.10 Å². The molecule has 0 aliphatic heterocycles. The summed E-state index contributed by atoms with van der Waals surface area (Å²) in [7, 11) is 1.90. The molecule has 0 amide bonds. The topological polar surface area (TPSA) is 56.7 Å². The van der Waals surface area contributed by atoms with Gasteiger partial charge in [-0.25, -0.2) is 4.98 Å². The number of para-hydroxylation sites is 1. The van der Waals surface area contributed by atoms with E-state index in [9.17, 15) is 0 Å². The van der Waals surface area contributed by atoms with Gasteiger partial charge in [0, 0.05) is 12.4 Å². The van der Waals surface area contributed by atoms with Gasteiger partial charge in [-0.1, -0.05) is 29.8 Å². The Hall–Kier alpha value is -2.07. The second-order valence-electron chi connectivity index (χ2n) is 4.06. The van der Waals surface area contributed by atoms with Crippen LogP contribution < -0.4 is 5.73 Å². The van der Waals surface area contributed by atoms with E-state index in [1.807, 2.05) is 36.0 Å². The van der Waals surface area contributed by atoms with Crippen LogP contribution in [0.4, 0.5) is 5.69 Å². The molecular formula is C13H11ClN4. The van der Waals surface area contributed by atoms with Gasteiger partial charge in [0.2, 0.25) is 0 Å². The Kier molecular flexibility index (Phi) is 2.45.